The van der Waals surface area contributed by atoms with E-state index in [1.54, 1.807) is 0 Å². The largest absolute Gasteiger partial charge is 0.325 e. The van der Waals surface area contributed by atoms with Gasteiger partial charge < -0.3 is 10.3 Å². The number of hydrogen-bond acceptors (Lipinski definition) is 7. The summed E-state index contributed by atoms with van der Waals surface area (Å²) in [5.74, 6) is -0.831. The summed E-state index contributed by atoms with van der Waals surface area (Å²) >= 11 is 1.00. The van der Waals surface area contributed by atoms with Gasteiger partial charge in [0.05, 0.1) is 22.5 Å². The highest BCUT2D eigenvalue weighted by molar-refractivity contribution is 7.99. The van der Waals surface area contributed by atoms with Crippen LogP contribution in [0.5, 0.6) is 0 Å². The number of aromatic amines is 1. The molecule has 4 rings (SSSR count). The fourth-order valence-corrected chi connectivity index (χ4v) is 3.97. The van der Waals surface area contributed by atoms with E-state index in [1.807, 2.05) is 0 Å². The van der Waals surface area contributed by atoms with Crippen LogP contribution in [0.3, 0.4) is 0 Å². The third-order valence-electron chi connectivity index (χ3n) is 4.29. The van der Waals surface area contributed by atoms with E-state index in [4.69, 9.17) is 5.14 Å². The first-order valence-corrected chi connectivity index (χ1v) is 11.5. The zero-order valence-corrected chi connectivity index (χ0v) is 17.8. The van der Waals surface area contributed by atoms with Crippen LogP contribution in [0, 0.1) is 5.82 Å². The van der Waals surface area contributed by atoms with Gasteiger partial charge in [0.2, 0.25) is 15.9 Å². The van der Waals surface area contributed by atoms with Crippen molar-refractivity contribution in [2.45, 2.75) is 10.1 Å². The molecular formula is C19H15FN6O4S2. The fraction of sp³-hybridized carbons (Fsp3) is 0.0526. The van der Waals surface area contributed by atoms with Gasteiger partial charge in [-0.3, -0.25) is 9.59 Å². The number of nitrogens with two attached hydrogens (primary N) is 1. The van der Waals surface area contributed by atoms with E-state index < -0.39 is 21.4 Å². The summed E-state index contributed by atoms with van der Waals surface area (Å²) in [6, 6.07) is 10.9. The monoisotopic (exact) mass is 474 g/mol. The normalized spacial score (nSPS) is 11.6. The summed E-state index contributed by atoms with van der Waals surface area (Å²) in [6.07, 6.45) is 1.34. The van der Waals surface area contributed by atoms with Gasteiger partial charge in [0.15, 0.2) is 10.8 Å². The SMILES string of the molecule is NS(=O)(=O)c1ccc(-n2ncc3c(=O)[nH]c(SCC(=O)Nc4ccc(F)cc4)nc32)cc1. The van der Waals surface area contributed by atoms with Crippen molar-refractivity contribution in [3.63, 3.8) is 0 Å². The van der Waals surface area contributed by atoms with Crippen LogP contribution in [-0.2, 0) is 14.8 Å². The van der Waals surface area contributed by atoms with Gasteiger partial charge >= 0.3 is 0 Å². The zero-order chi connectivity index (χ0) is 22.9. The number of rotatable bonds is 6. The first kappa shape index (κ1) is 21.7. The molecule has 10 nitrogen and oxygen atoms in total. The van der Waals surface area contributed by atoms with Crippen molar-refractivity contribution < 1.29 is 17.6 Å². The van der Waals surface area contributed by atoms with Crippen LogP contribution in [-0.4, -0.2) is 39.8 Å². The van der Waals surface area contributed by atoms with E-state index in [-0.39, 0.29) is 32.7 Å². The predicted molar refractivity (Wildman–Crippen MR) is 117 cm³/mol. The summed E-state index contributed by atoms with van der Waals surface area (Å²) in [7, 11) is -3.84. The molecule has 0 aliphatic heterocycles. The Labute approximate surface area is 184 Å². The molecule has 0 saturated carbocycles. The van der Waals surface area contributed by atoms with Crippen LogP contribution in [0.25, 0.3) is 16.7 Å². The first-order valence-electron chi connectivity index (χ1n) is 9.00. The molecule has 4 aromatic rings. The van der Waals surface area contributed by atoms with Gasteiger partial charge in [-0.05, 0) is 48.5 Å². The van der Waals surface area contributed by atoms with Crippen LogP contribution in [0.1, 0.15) is 0 Å². The van der Waals surface area contributed by atoms with Crippen LogP contribution in [0.2, 0.25) is 0 Å². The van der Waals surface area contributed by atoms with Gasteiger partial charge in [-0.2, -0.15) is 5.10 Å². The van der Waals surface area contributed by atoms with E-state index in [9.17, 15) is 22.4 Å². The molecule has 32 heavy (non-hydrogen) atoms. The van der Waals surface area contributed by atoms with Gasteiger partial charge in [-0.1, -0.05) is 11.8 Å². The van der Waals surface area contributed by atoms with Crippen LogP contribution < -0.4 is 16.0 Å². The molecule has 0 atom stereocenters. The second-order valence-electron chi connectivity index (χ2n) is 6.55. The maximum atomic E-state index is 13.0. The maximum absolute atomic E-state index is 13.0. The number of amides is 1. The molecule has 0 fully saturated rings. The first-order chi connectivity index (χ1) is 15.2. The lowest BCUT2D eigenvalue weighted by Gasteiger charge is -2.06. The number of nitrogens with zero attached hydrogens (tertiary/aromatic N) is 3. The highest BCUT2D eigenvalue weighted by atomic mass is 32.2. The molecule has 4 N–H and O–H groups in total. The van der Waals surface area contributed by atoms with E-state index in [0.29, 0.717) is 11.4 Å². The Morgan fingerprint density at radius 3 is 2.50 bits per heavy atom. The molecule has 2 aromatic carbocycles. The summed E-state index contributed by atoms with van der Waals surface area (Å²) in [5.41, 5.74) is 0.702. The van der Waals surface area contributed by atoms with Gasteiger partial charge in [-0.25, -0.2) is 27.6 Å². The summed E-state index contributed by atoms with van der Waals surface area (Å²) in [6.45, 7) is 0. The standard InChI is InChI=1S/C19H15FN6O4S2/c20-11-1-3-12(4-2-11)23-16(27)10-31-19-24-17-15(18(28)25-19)9-22-26(17)13-5-7-14(8-6-13)32(21,29)30/h1-9H,10H2,(H,23,27)(H2,21,29,30)(H,24,25,28). The highest BCUT2D eigenvalue weighted by Crippen LogP contribution is 2.19. The number of fused-ring (bicyclic) bond motifs is 1. The van der Waals surface area contributed by atoms with E-state index in [2.05, 4.69) is 20.4 Å². The number of benzene rings is 2. The Balaban J connectivity index is 1.55. The van der Waals surface area contributed by atoms with Gasteiger partial charge in [0, 0.05) is 5.69 Å². The minimum atomic E-state index is -3.84. The average Bonchev–Trinajstić information content (AvgIpc) is 3.18. The number of primary sulfonamides is 1. The highest BCUT2D eigenvalue weighted by Gasteiger charge is 2.14. The summed E-state index contributed by atoms with van der Waals surface area (Å²) in [4.78, 5) is 31.4. The van der Waals surface area contributed by atoms with Crippen molar-refractivity contribution in [1.29, 1.82) is 0 Å². The molecule has 0 saturated heterocycles. The molecule has 2 heterocycles. The minimum absolute atomic E-state index is 0.0526. The quantitative estimate of drug-likeness (QED) is 0.284. The number of anilines is 1. The van der Waals surface area contributed by atoms with Crippen molar-refractivity contribution >= 4 is 44.4 Å². The number of thioether (sulfide) groups is 1. The fourth-order valence-electron chi connectivity index (χ4n) is 2.80. The number of nitrogens with one attached hydrogen (secondary N) is 2. The average molecular weight is 474 g/mol. The molecule has 1 amide bonds. The van der Waals surface area contributed by atoms with E-state index >= 15 is 0 Å². The Morgan fingerprint density at radius 2 is 1.84 bits per heavy atom. The lowest BCUT2D eigenvalue weighted by molar-refractivity contribution is -0.113. The van der Waals surface area contributed by atoms with Gasteiger partial charge in [0.25, 0.3) is 5.56 Å². The second-order valence-corrected chi connectivity index (χ2v) is 9.07. The second kappa shape index (κ2) is 8.53. The van der Waals surface area contributed by atoms with Gasteiger partial charge in [0.1, 0.15) is 11.2 Å². The molecular weight excluding hydrogens is 459 g/mol. The molecule has 13 heteroatoms. The zero-order valence-electron chi connectivity index (χ0n) is 16.1. The van der Waals surface area contributed by atoms with Crippen LogP contribution >= 0.6 is 11.8 Å². The number of carbonyl (C=O) groups excluding carboxylic acids is 1. The molecule has 0 spiro atoms. The molecule has 0 bridgehead atoms. The van der Waals surface area contributed by atoms with Crippen molar-refractivity contribution in [1.82, 2.24) is 19.7 Å². The molecule has 164 valence electrons. The number of H-pyrrole nitrogens is 1. The lowest BCUT2D eigenvalue weighted by Crippen LogP contribution is -2.15. The molecule has 0 unspecified atom stereocenters. The number of sulfonamides is 1. The number of halogens is 1. The Bertz CT molecular complexity index is 1460. The Morgan fingerprint density at radius 1 is 1.16 bits per heavy atom. The smallest absolute Gasteiger partial charge is 0.262 e. The summed E-state index contributed by atoms with van der Waals surface area (Å²) in [5, 5.41) is 12.3. The minimum Gasteiger partial charge on any atom is -0.325 e. The number of hydrogen-bond donors (Lipinski definition) is 3. The van der Waals surface area contributed by atoms with E-state index in [0.717, 1.165) is 11.8 Å². The Kier molecular flexibility index (Phi) is 5.78. The predicted octanol–water partition coefficient (Wildman–Crippen LogP) is 1.63. The van der Waals surface area contributed by atoms with Crippen molar-refractivity contribution in [2.75, 3.05) is 11.1 Å². The topological polar surface area (TPSA) is 153 Å². The number of carbonyl (C=O) groups is 1. The van der Waals surface area contributed by atoms with Crippen LogP contribution in [0.15, 0.2) is 69.6 Å². The third kappa shape index (κ3) is 4.69. The molecule has 0 aliphatic carbocycles. The van der Waals surface area contributed by atoms with E-state index in [1.165, 1.54) is 59.4 Å². The van der Waals surface area contributed by atoms with Crippen molar-refractivity contribution in [2.24, 2.45) is 5.14 Å². The summed E-state index contributed by atoms with van der Waals surface area (Å²) < 4.78 is 37.2. The molecule has 0 radical (unpaired) electrons. The maximum Gasteiger partial charge on any atom is 0.262 e. The lowest BCUT2D eigenvalue weighted by atomic mass is 10.3. The molecule has 0 aliphatic rings. The Hall–Kier alpha value is -3.55. The van der Waals surface area contributed by atoms with Crippen molar-refractivity contribution in [3.8, 4) is 5.69 Å². The molecule has 2 aromatic heterocycles. The van der Waals surface area contributed by atoms with Gasteiger partial charge in [-0.15, -0.1) is 0 Å². The van der Waals surface area contributed by atoms with Crippen LogP contribution in [0.4, 0.5) is 10.1 Å². The third-order valence-corrected chi connectivity index (χ3v) is 6.10. The number of aromatic nitrogens is 4. The van der Waals surface area contributed by atoms with Crippen molar-refractivity contribution in [3.05, 3.63) is 70.9 Å².